The lowest BCUT2D eigenvalue weighted by Gasteiger charge is -2.36. The number of carbonyl (C=O) groups excluding carboxylic acids is 1. The van der Waals surface area contributed by atoms with Crippen molar-refractivity contribution in [2.45, 2.75) is 46.1 Å². The highest BCUT2D eigenvalue weighted by Gasteiger charge is 2.42. The quantitative estimate of drug-likeness (QED) is 0.519. The molecule has 1 saturated heterocycles. The molecule has 6 nitrogen and oxygen atoms in total. The molecule has 0 radical (unpaired) electrons. The van der Waals surface area contributed by atoms with E-state index in [1.54, 1.807) is 0 Å². The summed E-state index contributed by atoms with van der Waals surface area (Å²) >= 11 is 0. The molecule has 2 aliphatic rings. The van der Waals surface area contributed by atoms with Gasteiger partial charge in [0.25, 0.3) is 0 Å². The van der Waals surface area contributed by atoms with Gasteiger partial charge in [0.05, 0.1) is 6.54 Å². The summed E-state index contributed by atoms with van der Waals surface area (Å²) in [5.74, 6) is 1.14. The summed E-state index contributed by atoms with van der Waals surface area (Å²) in [6.45, 7) is 12.0. The van der Waals surface area contributed by atoms with E-state index < -0.39 is 0 Å². The number of hydrogen-bond donors (Lipinski definition) is 2. The molecule has 2 N–H and O–H groups in total. The monoisotopic (exact) mass is 399 g/mol. The lowest BCUT2D eigenvalue weighted by Crippen LogP contribution is -2.54. The normalized spacial score (nSPS) is 19.3. The summed E-state index contributed by atoms with van der Waals surface area (Å²) in [6, 6.07) is 11.0. The van der Waals surface area contributed by atoms with Gasteiger partial charge >= 0.3 is 0 Å². The number of rotatable bonds is 8. The molecule has 0 aromatic heterocycles. The number of benzene rings is 1. The topological polar surface area (TPSA) is 60.0 Å². The molecule has 2 fully saturated rings. The van der Waals surface area contributed by atoms with Crippen LogP contribution in [0.4, 0.5) is 0 Å². The molecular formula is C23H37N5O. The van der Waals surface area contributed by atoms with Crippen LogP contribution in [0.2, 0.25) is 0 Å². The third-order valence-electron chi connectivity index (χ3n) is 5.77. The van der Waals surface area contributed by atoms with Gasteiger partial charge in [-0.2, -0.15) is 0 Å². The van der Waals surface area contributed by atoms with Crippen LogP contribution in [0, 0.1) is 5.41 Å². The molecule has 3 rings (SSSR count). The van der Waals surface area contributed by atoms with Gasteiger partial charge in [0.1, 0.15) is 0 Å². The van der Waals surface area contributed by atoms with Crippen molar-refractivity contribution < 1.29 is 4.79 Å². The molecule has 1 saturated carbocycles. The predicted molar refractivity (Wildman–Crippen MR) is 119 cm³/mol. The van der Waals surface area contributed by atoms with Crippen molar-refractivity contribution in [3.8, 4) is 0 Å². The highest BCUT2D eigenvalue weighted by molar-refractivity contribution is 5.80. The molecule has 0 unspecified atom stereocenters. The zero-order valence-corrected chi connectivity index (χ0v) is 18.3. The van der Waals surface area contributed by atoms with E-state index in [2.05, 4.69) is 57.7 Å². The van der Waals surface area contributed by atoms with Gasteiger partial charge in [-0.3, -0.25) is 14.7 Å². The summed E-state index contributed by atoms with van der Waals surface area (Å²) in [4.78, 5) is 21.6. The number of nitrogens with zero attached hydrogens (tertiary/aromatic N) is 3. The molecular weight excluding hydrogens is 362 g/mol. The fourth-order valence-corrected chi connectivity index (χ4v) is 3.95. The second-order valence-corrected chi connectivity index (χ2v) is 8.82. The lowest BCUT2D eigenvalue weighted by molar-refractivity contribution is -0.123. The SMILES string of the molecule is CCNC(=NCC1(Cc2ccccc2)CC1)N1CCN(CC(=O)NC(C)C)CC1. The van der Waals surface area contributed by atoms with Crippen molar-refractivity contribution in [2.75, 3.05) is 45.8 Å². The molecule has 0 atom stereocenters. The first kappa shape index (κ1) is 21.6. The zero-order valence-electron chi connectivity index (χ0n) is 18.3. The van der Waals surface area contributed by atoms with Gasteiger partial charge < -0.3 is 15.5 Å². The van der Waals surface area contributed by atoms with E-state index in [-0.39, 0.29) is 11.9 Å². The lowest BCUT2D eigenvalue weighted by atomic mass is 9.97. The van der Waals surface area contributed by atoms with E-state index in [1.807, 2.05) is 13.8 Å². The molecule has 1 aliphatic heterocycles. The van der Waals surface area contributed by atoms with E-state index in [0.717, 1.165) is 51.6 Å². The zero-order chi connectivity index (χ0) is 20.7. The molecule has 1 aromatic carbocycles. The van der Waals surface area contributed by atoms with E-state index in [9.17, 15) is 4.79 Å². The fourth-order valence-electron chi connectivity index (χ4n) is 3.95. The first-order chi connectivity index (χ1) is 14.0. The Bertz CT molecular complexity index is 676. The van der Waals surface area contributed by atoms with Gasteiger partial charge in [-0.05, 0) is 51.0 Å². The average molecular weight is 400 g/mol. The molecule has 1 amide bonds. The molecule has 1 aromatic rings. The number of aliphatic imine (C=N–C) groups is 1. The maximum atomic E-state index is 12.0. The van der Waals surface area contributed by atoms with Crippen molar-refractivity contribution >= 4 is 11.9 Å². The van der Waals surface area contributed by atoms with Crippen molar-refractivity contribution in [1.82, 2.24) is 20.4 Å². The Hall–Kier alpha value is -2.08. The minimum atomic E-state index is 0.116. The number of hydrogen-bond acceptors (Lipinski definition) is 3. The van der Waals surface area contributed by atoms with Crippen molar-refractivity contribution in [3.63, 3.8) is 0 Å². The van der Waals surface area contributed by atoms with Gasteiger partial charge in [-0.15, -0.1) is 0 Å². The van der Waals surface area contributed by atoms with Crippen LogP contribution in [0.5, 0.6) is 0 Å². The Morgan fingerprint density at radius 1 is 1.14 bits per heavy atom. The smallest absolute Gasteiger partial charge is 0.234 e. The Morgan fingerprint density at radius 3 is 2.41 bits per heavy atom. The largest absolute Gasteiger partial charge is 0.357 e. The predicted octanol–water partition coefficient (Wildman–Crippen LogP) is 2.12. The Balaban J connectivity index is 1.51. The van der Waals surface area contributed by atoms with E-state index in [0.29, 0.717) is 12.0 Å². The van der Waals surface area contributed by atoms with Gasteiger partial charge in [0.2, 0.25) is 5.91 Å². The first-order valence-corrected chi connectivity index (χ1v) is 11.1. The van der Waals surface area contributed by atoms with Gasteiger partial charge in [0.15, 0.2) is 5.96 Å². The van der Waals surface area contributed by atoms with Crippen molar-refractivity contribution in [2.24, 2.45) is 10.4 Å². The standard InChI is InChI=1S/C23H37N5O/c1-4-24-22(25-18-23(10-11-23)16-20-8-6-5-7-9-20)28-14-12-27(13-15-28)17-21(29)26-19(2)3/h5-9,19H,4,10-18H2,1-3H3,(H,24,25)(H,26,29). The summed E-state index contributed by atoms with van der Waals surface area (Å²) < 4.78 is 0. The number of amides is 1. The second kappa shape index (κ2) is 10.1. The van der Waals surface area contributed by atoms with Gasteiger partial charge in [-0.1, -0.05) is 30.3 Å². The van der Waals surface area contributed by atoms with Gasteiger partial charge in [0, 0.05) is 45.3 Å². The highest BCUT2D eigenvalue weighted by Crippen LogP contribution is 2.48. The average Bonchev–Trinajstić information content (AvgIpc) is 3.45. The van der Waals surface area contributed by atoms with Crippen molar-refractivity contribution in [3.05, 3.63) is 35.9 Å². The molecule has 1 heterocycles. The van der Waals surface area contributed by atoms with Crippen LogP contribution in [0.25, 0.3) is 0 Å². The number of piperazine rings is 1. The Kier molecular flexibility index (Phi) is 7.53. The molecule has 0 bridgehead atoms. The Labute approximate surface area is 175 Å². The van der Waals surface area contributed by atoms with E-state index in [4.69, 9.17) is 4.99 Å². The molecule has 6 heteroatoms. The van der Waals surface area contributed by atoms with Gasteiger partial charge in [-0.25, -0.2) is 0 Å². The summed E-state index contributed by atoms with van der Waals surface area (Å²) in [5.41, 5.74) is 1.76. The number of guanidine groups is 1. The van der Waals surface area contributed by atoms with E-state index in [1.165, 1.54) is 18.4 Å². The third-order valence-corrected chi connectivity index (χ3v) is 5.77. The number of carbonyl (C=O) groups is 1. The summed E-state index contributed by atoms with van der Waals surface area (Å²) in [7, 11) is 0. The maximum absolute atomic E-state index is 12.0. The van der Waals surface area contributed by atoms with Crippen LogP contribution in [-0.2, 0) is 11.2 Å². The van der Waals surface area contributed by atoms with Crippen LogP contribution >= 0.6 is 0 Å². The second-order valence-electron chi connectivity index (χ2n) is 8.82. The van der Waals surface area contributed by atoms with E-state index >= 15 is 0 Å². The van der Waals surface area contributed by atoms with Crippen LogP contribution in [0.15, 0.2) is 35.3 Å². The minimum Gasteiger partial charge on any atom is -0.357 e. The third kappa shape index (κ3) is 6.74. The summed E-state index contributed by atoms with van der Waals surface area (Å²) in [6.07, 6.45) is 3.66. The van der Waals surface area contributed by atoms with Crippen LogP contribution in [0.1, 0.15) is 39.2 Å². The molecule has 160 valence electrons. The van der Waals surface area contributed by atoms with Crippen LogP contribution in [0.3, 0.4) is 0 Å². The maximum Gasteiger partial charge on any atom is 0.234 e. The van der Waals surface area contributed by atoms with Crippen LogP contribution in [-0.4, -0.2) is 73.5 Å². The summed E-state index contributed by atoms with van der Waals surface area (Å²) in [5, 5.41) is 6.45. The molecule has 1 aliphatic carbocycles. The highest BCUT2D eigenvalue weighted by atomic mass is 16.2. The molecule has 0 spiro atoms. The molecule has 29 heavy (non-hydrogen) atoms. The van der Waals surface area contributed by atoms with Crippen molar-refractivity contribution in [1.29, 1.82) is 0 Å². The first-order valence-electron chi connectivity index (χ1n) is 11.1. The fraction of sp³-hybridized carbons (Fsp3) is 0.652. The Morgan fingerprint density at radius 2 is 1.83 bits per heavy atom. The minimum absolute atomic E-state index is 0.116. The number of nitrogens with one attached hydrogen (secondary N) is 2. The van der Waals surface area contributed by atoms with Crippen LogP contribution < -0.4 is 10.6 Å².